The molecule has 166 valence electrons. The number of phenolic OH excluding ortho intramolecular Hbond substituents is 2. The van der Waals surface area contributed by atoms with E-state index in [0.717, 1.165) is 19.3 Å². The van der Waals surface area contributed by atoms with E-state index in [1.165, 1.54) is 50.6 Å². The molecule has 1 fully saturated rings. The Labute approximate surface area is 180 Å². The highest BCUT2D eigenvalue weighted by molar-refractivity contribution is 5.91. The fourth-order valence-electron chi connectivity index (χ4n) is 3.53. The summed E-state index contributed by atoms with van der Waals surface area (Å²) in [5.74, 6) is -0.997. The largest absolute Gasteiger partial charge is 0.504 e. The molecule has 0 heterocycles. The first-order valence-electron chi connectivity index (χ1n) is 10.1. The number of rotatable bonds is 6. The molecule has 1 aliphatic rings. The number of phenols is 2. The summed E-state index contributed by atoms with van der Waals surface area (Å²) in [4.78, 5) is 25.4. The Morgan fingerprint density at radius 2 is 1.16 bits per heavy atom. The average Bonchev–Trinajstić information content (AvgIpc) is 2.99. The van der Waals surface area contributed by atoms with Gasteiger partial charge in [-0.15, -0.1) is 0 Å². The summed E-state index contributed by atoms with van der Waals surface area (Å²) in [5, 5.41) is 19.4. The van der Waals surface area contributed by atoms with E-state index in [4.69, 9.17) is 18.9 Å². The third-order valence-electron chi connectivity index (χ3n) is 5.24. The van der Waals surface area contributed by atoms with Crippen LogP contribution in [0.15, 0.2) is 36.4 Å². The van der Waals surface area contributed by atoms with Crippen molar-refractivity contribution >= 4 is 11.9 Å². The molecule has 31 heavy (non-hydrogen) atoms. The third-order valence-corrected chi connectivity index (χ3v) is 5.24. The van der Waals surface area contributed by atoms with E-state index in [0.29, 0.717) is 12.8 Å². The minimum absolute atomic E-state index is 0.0790. The molecule has 1 saturated carbocycles. The van der Waals surface area contributed by atoms with Crippen LogP contribution in [-0.4, -0.2) is 48.6 Å². The molecule has 2 aromatic rings. The number of carbonyl (C=O) groups is 2. The van der Waals surface area contributed by atoms with Gasteiger partial charge in [0.15, 0.2) is 23.0 Å². The van der Waals surface area contributed by atoms with Crippen LogP contribution in [0.1, 0.15) is 52.8 Å². The fourth-order valence-corrected chi connectivity index (χ4v) is 3.53. The average molecular weight is 430 g/mol. The van der Waals surface area contributed by atoms with Gasteiger partial charge >= 0.3 is 11.9 Å². The van der Waals surface area contributed by atoms with Gasteiger partial charge < -0.3 is 29.2 Å². The summed E-state index contributed by atoms with van der Waals surface area (Å²) in [7, 11) is 2.78. The minimum Gasteiger partial charge on any atom is -0.504 e. The summed E-state index contributed by atoms with van der Waals surface area (Å²) in [5.41, 5.74) is 0.458. The standard InChI is InChI=1S/C23H26O8/c1-28-20-12-14(8-10-16(20)24)22(26)30-18-6-4-3-5-7-19(18)31-23(27)15-9-11-17(25)21(13-15)29-2/h8-13,18-19,24-25H,3-7H2,1-2H3/t18-,19-/m0/s1. The zero-order chi connectivity index (χ0) is 22.4. The monoisotopic (exact) mass is 430 g/mol. The lowest BCUT2D eigenvalue weighted by Gasteiger charge is -2.25. The van der Waals surface area contributed by atoms with Crippen molar-refractivity contribution in [2.75, 3.05) is 14.2 Å². The van der Waals surface area contributed by atoms with E-state index in [9.17, 15) is 19.8 Å². The summed E-state index contributed by atoms with van der Waals surface area (Å²) >= 11 is 0. The van der Waals surface area contributed by atoms with Crippen LogP contribution in [0.5, 0.6) is 23.0 Å². The van der Waals surface area contributed by atoms with Gasteiger partial charge in [0, 0.05) is 0 Å². The molecule has 0 spiro atoms. The molecule has 3 rings (SSSR count). The summed E-state index contributed by atoms with van der Waals surface area (Å²) in [6.45, 7) is 0. The first-order chi connectivity index (χ1) is 14.9. The highest BCUT2D eigenvalue weighted by Gasteiger charge is 2.31. The molecule has 0 amide bonds. The van der Waals surface area contributed by atoms with Gasteiger partial charge in [0.25, 0.3) is 0 Å². The lowest BCUT2D eigenvalue weighted by molar-refractivity contribution is -0.0381. The van der Waals surface area contributed by atoms with Gasteiger partial charge in [-0.05, 0) is 62.1 Å². The topological polar surface area (TPSA) is 112 Å². The van der Waals surface area contributed by atoms with Crippen LogP contribution >= 0.6 is 0 Å². The number of carbonyl (C=O) groups excluding carboxylic acids is 2. The van der Waals surface area contributed by atoms with Gasteiger partial charge in [-0.25, -0.2) is 9.59 Å². The Kier molecular flexibility index (Phi) is 7.23. The second-order valence-corrected chi connectivity index (χ2v) is 7.30. The van der Waals surface area contributed by atoms with E-state index in [2.05, 4.69) is 0 Å². The third kappa shape index (κ3) is 5.39. The molecular formula is C23H26O8. The number of ether oxygens (including phenoxy) is 4. The van der Waals surface area contributed by atoms with E-state index >= 15 is 0 Å². The minimum atomic E-state index is -0.599. The molecule has 2 aromatic carbocycles. The maximum Gasteiger partial charge on any atom is 0.338 e. The molecule has 2 atom stereocenters. The van der Waals surface area contributed by atoms with E-state index in [-0.39, 0.29) is 34.1 Å². The molecule has 0 aromatic heterocycles. The smallest absolute Gasteiger partial charge is 0.338 e. The van der Waals surface area contributed by atoms with Crippen molar-refractivity contribution in [2.24, 2.45) is 0 Å². The predicted octanol–water partition coefficient (Wildman–Crippen LogP) is 3.83. The van der Waals surface area contributed by atoms with Gasteiger partial charge in [0.05, 0.1) is 25.3 Å². The second kappa shape index (κ2) is 10.1. The summed E-state index contributed by atoms with van der Waals surface area (Å²) in [6.07, 6.45) is 2.57. The number of benzene rings is 2. The normalized spacial score (nSPS) is 18.5. The Balaban J connectivity index is 1.74. The molecule has 8 nitrogen and oxygen atoms in total. The van der Waals surface area contributed by atoms with Crippen LogP contribution in [0.4, 0.5) is 0 Å². The molecular weight excluding hydrogens is 404 g/mol. The Bertz CT molecular complexity index is 864. The van der Waals surface area contributed by atoms with Crippen molar-refractivity contribution in [3.63, 3.8) is 0 Å². The highest BCUT2D eigenvalue weighted by atomic mass is 16.6. The number of hydrogen-bond acceptors (Lipinski definition) is 8. The fraction of sp³-hybridized carbons (Fsp3) is 0.391. The van der Waals surface area contributed by atoms with Gasteiger partial charge in [-0.1, -0.05) is 6.42 Å². The van der Waals surface area contributed by atoms with Crippen molar-refractivity contribution in [3.8, 4) is 23.0 Å². The molecule has 2 N–H and O–H groups in total. The molecule has 0 aliphatic heterocycles. The summed E-state index contributed by atoms with van der Waals surface area (Å²) < 4.78 is 21.5. The van der Waals surface area contributed by atoms with E-state index in [1.54, 1.807) is 0 Å². The summed E-state index contributed by atoms with van der Waals surface area (Å²) in [6, 6.07) is 8.41. The number of methoxy groups -OCH3 is 2. The van der Waals surface area contributed by atoms with Crippen molar-refractivity contribution in [1.82, 2.24) is 0 Å². The maximum atomic E-state index is 12.7. The number of hydrogen-bond donors (Lipinski definition) is 2. The van der Waals surface area contributed by atoms with Gasteiger partial charge in [0.2, 0.25) is 0 Å². The zero-order valence-corrected chi connectivity index (χ0v) is 17.5. The van der Waals surface area contributed by atoms with Gasteiger partial charge in [-0.3, -0.25) is 0 Å². The molecule has 1 aliphatic carbocycles. The van der Waals surface area contributed by atoms with Crippen LogP contribution in [0.3, 0.4) is 0 Å². The van der Waals surface area contributed by atoms with Crippen LogP contribution in [0, 0.1) is 0 Å². The second-order valence-electron chi connectivity index (χ2n) is 7.30. The first kappa shape index (κ1) is 22.3. The molecule has 0 radical (unpaired) electrons. The lowest BCUT2D eigenvalue weighted by atomic mass is 10.1. The van der Waals surface area contributed by atoms with Crippen molar-refractivity contribution in [2.45, 2.75) is 44.3 Å². The van der Waals surface area contributed by atoms with Gasteiger partial charge in [0.1, 0.15) is 12.2 Å². The van der Waals surface area contributed by atoms with Crippen LogP contribution in [-0.2, 0) is 9.47 Å². The van der Waals surface area contributed by atoms with E-state index in [1.807, 2.05) is 0 Å². The zero-order valence-electron chi connectivity index (χ0n) is 17.5. The molecule has 8 heteroatoms. The van der Waals surface area contributed by atoms with Crippen molar-refractivity contribution in [1.29, 1.82) is 0 Å². The van der Waals surface area contributed by atoms with Crippen LogP contribution < -0.4 is 9.47 Å². The Hall–Kier alpha value is -3.42. The van der Waals surface area contributed by atoms with Crippen molar-refractivity contribution < 1.29 is 38.7 Å². The maximum absolute atomic E-state index is 12.7. The van der Waals surface area contributed by atoms with E-state index < -0.39 is 24.1 Å². The first-order valence-corrected chi connectivity index (χ1v) is 10.1. The van der Waals surface area contributed by atoms with Crippen LogP contribution in [0.2, 0.25) is 0 Å². The number of esters is 2. The lowest BCUT2D eigenvalue weighted by Crippen LogP contribution is -2.34. The quantitative estimate of drug-likeness (QED) is 0.525. The highest BCUT2D eigenvalue weighted by Crippen LogP contribution is 2.30. The predicted molar refractivity (Wildman–Crippen MR) is 111 cm³/mol. The van der Waals surface area contributed by atoms with Crippen molar-refractivity contribution in [3.05, 3.63) is 47.5 Å². The van der Waals surface area contributed by atoms with Crippen LogP contribution in [0.25, 0.3) is 0 Å². The SMILES string of the molecule is COc1cc(C(=O)O[C@H]2CCCCC[C@@H]2OC(=O)c2ccc(O)c(OC)c2)ccc1O. The molecule has 0 bridgehead atoms. The Morgan fingerprint density at radius 3 is 1.55 bits per heavy atom. The molecule has 0 unspecified atom stereocenters. The number of aromatic hydroxyl groups is 2. The molecule has 0 saturated heterocycles. The van der Waals surface area contributed by atoms with Gasteiger partial charge in [-0.2, -0.15) is 0 Å². The Morgan fingerprint density at radius 1 is 0.742 bits per heavy atom.